The summed E-state index contributed by atoms with van der Waals surface area (Å²) in [5.41, 5.74) is 5.50. The van der Waals surface area contributed by atoms with E-state index in [4.69, 9.17) is 5.73 Å². The van der Waals surface area contributed by atoms with Gasteiger partial charge in [0.15, 0.2) is 0 Å². The zero-order valence-corrected chi connectivity index (χ0v) is 20.0. The Morgan fingerprint density at radius 2 is 1.72 bits per heavy atom. The van der Waals surface area contributed by atoms with Crippen LogP contribution in [0.25, 0.3) is 0 Å². The first-order valence-corrected chi connectivity index (χ1v) is 12.0. The molecule has 194 valence electrons. The van der Waals surface area contributed by atoms with Crippen molar-refractivity contribution in [2.45, 2.75) is 37.9 Å². The molecule has 9 nitrogen and oxygen atoms in total. The molecule has 1 saturated carbocycles. The minimum atomic E-state index is -4.68. The van der Waals surface area contributed by atoms with E-state index in [-0.39, 0.29) is 11.9 Å². The number of alkyl halides is 3. The predicted molar refractivity (Wildman–Crippen MR) is 129 cm³/mol. The fourth-order valence-electron chi connectivity index (χ4n) is 4.60. The number of benzene rings is 1. The number of rotatable bonds is 6. The van der Waals surface area contributed by atoms with Crippen molar-refractivity contribution in [3.05, 3.63) is 41.6 Å². The van der Waals surface area contributed by atoms with Gasteiger partial charge < -0.3 is 26.2 Å². The molecule has 0 unspecified atom stereocenters. The highest BCUT2D eigenvalue weighted by molar-refractivity contribution is 5.94. The van der Waals surface area contributed by atoms with Gasteiger partial charge in [-0.15, -0.1) is 0 Å². The summed E-state index contributed by atoms with van der Waals surface area (Å²) in [6.07, 6.45) is -1.36. The summed E-state index contributed by atoms with van der Waals surface area (Å²) in [6, 6.07) is 6.08. The molecule has 1 aliphatic carbocycles. The van der Waals surface area contributed by atoms with Gasteiger partial charge in [-0.05, 0) is 44.2 Å². The van der Waals surface area contributed by atoms with Crippen molar-refractivity contribution in [1.82, 2.24) is 19.8 Å². The minimum absolute atomic E-state index is 0.0462. The molecule has 36 heavy (non-hydrogen) atoms. The number of piperazine rings is 1. The molecule has 12 heteroatoms. The van der Waals surface area contributed by atoms with Crippen LogP contribution in [0.15, 0.2) is 30.5 Å². The van der Waals surface area contributed by atoms with Crippen molar-refractivity contribution in [2.75, 3.05) is 43.9 Å². The number of amides is 2. The third-order valence-corrected chi connectivity index (χ3v) is 6.73. The maximum atomic E-state index is 13.6. The highest BCUT2D eigenvalue weighted by atomic mass is 19.4. The van der Waals surface area contributed by atoms with Crippen LogP contribution in [0.1, 0.15) is 41.6 Å². The maximum absolute atomic E-state index is 13.6. The summed E-state index contributed by atoms with van der Waals surface area (Å²) in [5, 5.41) is 5.70. The molecule has 1 aromatic heterocycles. The van der Waals surface area contributed by atoms with Crippen LogP contribution in [0.2, 0.25) is 0 Å². The van der Waals surface area contributed by atoms with Gasteiger partial charge in [0, 0.05) is 49.7 Å². The van der Waals surface area contributed by atoms with E-state index in [2.05, 4.69) is 25.5 Å². The number of hydrogen-bond donors (Lipinski definition) is 3. The third kappa shape index (κ3) is 6.04. The Kier molecular flexibility index (Phi) is 7.62. The number of anilines is 3. The molecule has 2 heterocycles. The van der Waals surface area contributed by atoms with Crippen LogP contribution >= 0.6 is 0 Å². The van der Waals surface area contributed by atoms with E-state index in [0.717, 1.165) is 25.9 Å². The molecule has 4 N–H and O–H groups in total. The van der Waals surface area contributed by atoms with E-state index in [0.29, 0.717) is 43.4 Å². The van der Waals surface area contributed by atoms with Crippen molar-refractivity contribution in [2.24, 2.45) is 11.7 Å². The third-order valence-electron chi connectivity index (χ3n) is 6.73. The van der Waals surface area contributed by atoms with Gasteiger partial charge in [-0.25, -0.2) is 4.98 Å². The topological polar surface area (TPSA) is 116 Å². The van der Waals surface area contributed by atoms with Gasteiger partial charge in [-0.3, -0.25) is 9.59 Å². The van der Waals surface area contributed by atoms with Gasteiger partial charge in [-0.2, -0.15) is 18.2 Å². The quantitative estimate of drug-likeness (QED) is 0.553. The molecule has 2 atom stereocenters. The summed E-state index contributed by atoms with van der Waals surface area (Å²) in [6.45, 7) is 2.94. The molecule has 1 saturated heterocycles. The summed E-state index contributed by atoms with van der Waals surface area (Å²) in [5.74, 6) is -1.63. The second-order valence-electron chi connectivity index (χ2n) is 9.30. The number of likely N-dealkylation sites (N-methyl/N-ethyl adjacent to an activating group) is 1. The van der Waals surface area contributed by atoms with E-state index in [1.165, 1.54) is 0 Å². The van der Waals surface area contributed by atoms with Crippen LogP contribution in [-0.2, 0) is 11.0 Å². The van der Waals surface area contributed by atoms with Crippen molar-refractivity contribution >= 4 is 29.3 Å². The lowest BCUT2D eigenvalue weighted by molar-refractivity contribution is -0.137. The van der Waals surface area contributed by atoms with E-state index in [1.54, 1.807) is 29.2 Å². The van der Waals surface area contributed by atoms with Gasteiger partial charge in [0.05, 0.1) is 5.92 Å². The molecule has 4 rings (SSSR count). The average Bonchev–Trinajstić information content (AvgIpc) is 2.84. The van der Waals surface area contributed by atoms with Gasteiger partial charge in [0.25, 0.3) is 5.91 Å². The molecular formula is C24H30F3N7O2. The Balaban J connectivity index is 1.50. The zero-order valence-electron chi connectivity index (χ0n) is 20.0. The highest BCUT2D eigenvalue weighted by Gasteiger charge is 2.37. The number of carbonyl (C=O) groups excluding carboxylic acids is 2. The predicted octanol–water partition coefficient (Wildman–Crippen LogP) is 3.08. The van der Waals surface area contributed by atoms with Gasteiger partial charge in [0.1, 0.15) is 11.4 Å². The molecule has 2 fully saturated rings. The number of carbonyl (C=O) groups is 2. The molecular weight excluding hydrogens is 475 g/mol. The van der Waals surface area contributed by atoms with E-state index >= 15 is 0 Å². The Labute approximate surface area is 207 Å². The Hall–Kier alpha value is -3.41. The first-order chi connectivity index (χ1) is 17.1. The minimum Gasteiger partial charge on any atom is -0.369 e. The standard InChI is InChI=1S/C24H30F3N7O2/c1-33-10-12-34(13-11-33)22(36)15-6-8-16(9-7-15)30-23-29-14-18(24(25,26)27)21(32-23)31-19-5-3-2-4-17(19)20(28)35/h6-9,14,17,19H,2-5,10-13H2,1H3,(H2,28,35)(H2,29,30,31,32)/t17-,19+/m0/s1. The molecule has 0 radical (unpaired) electrons. The number of halogens is 3. The summed E-state index contributed by atoms with van der Waals surface area (Å²) >= 11 is 0. The smallest absolute Gasteiger partial charge is 0.369 e. The van der Waals surface area contributed by atoms with E-state index < -0.39 is 35.4 Å². The van der Waals surface area contributed by atoms with Crippen LogP contribution in [0.5, 0.6) is 0 Å². The first kappa shape index (κ1) is 25.7. The largest absolute Gasteiger partial charge is 0.421 e. The Morgan fingerprint density at radius 3 is 2.36 bits per heavy atom. The van der Waals surface area contributed by atoms with E-state index in [1.807, 2.05) is 7.05 Å². The number of aromatic nitrogens is 2. The van der Waals surface area contributed by atoms with Crippen LogP contribution in [0.4, 0.5) is 30.6 Å². The molecule has 1 aliphatic heterocycles. The monoisotopic (exact) mass is 505 g/mol. The Bertz CT molecular complexity index is 1090. The fourth-order valence-corrected chi connectivity index (χ4v) is 4.60. The van der Waals surface area contributed by atoms with Crippen LogP contribution in [0, 0.1) is 5.92 Å². The summed E-state index contributed by atoms with van der Waals surface area (Å²) in [7, 11) is 2.01. The second-order valence-corrected chi connectivity index (χ2v) is 9.30. The van der Waals surface area contributed by atoms with Crippen molar-refractivity contribution in [1.29, 1.82) is 0 Å². The van der Waals surface area contributed by atoms with Gasteiger partial charge in [-0.1, -0.05) is 12.8 Å². The summed E-state index contributed by atoms with van der Waals surface area (Å²) in [4.78, 5) is 36.4. The molecule has 2 aromatic rings. The molecule has 0 spiro atoms. The van der Waals surface area contributed by atoms with Crippen LogP contribution < -0.4 is 16.4 Å². The van der Waals surface area contributed by atoms with Crippen molar-refractivity contribution < 1.29 is 22.8 Å². The second kappa shape index (κ2) is 10.7. The molecule has 2 aliphatic rings. The number of nitrogens with two attached hydrogens (primary N) is 1. The van der Waals surface area contributed by atoms with Crippen molar-refractivity contribution in [3.63, 3.8) is 0 Å². The summed E-state index contributed by atoms with van der Waals surface area (Å²) < 4.78 is 40.9. The lowest BCUT2D eigenvalue weighted by Gasteiger charge is -2.32. The van der Waals surface area contributed by atoms with Gasteiger partial charge >= 0.3 is 6.18 Å². The van der Waals surface area contributed by atoms with Crippen LogP contribution in [0.3, 0.4) is 0 Å². The fraction of sp³-hybridized carbons (Fsp3) is 0.500. The average molecular weight is 506 g/mol. The normalized spacial score (nSPS) is 21.2. The first-order valence-electron chi connectivity index (χ1n) is 12.0. The zero-order chi connectivity index (χ0) is 25.9. The number of nitrogens with one attached hydrogen (secondary N) is 2. The lowest BCUT2D eigenvalue weighted by Crippen LogP contribution is -2.47. The Morgan fingerprint density at radius 1 is 1.06 bits per heavy atom. The maximum Gasteiger partial charge on any atom is 0.421 e. The van der Waals surface area contributed by atoms with Crippen molar-refractivity contribution in [3.8, 4) is 0 Å². The lowest BCUT2D eigenvalue weighted by atomic mass is 9.84. The SMILES string of the molecule is CN1CCN(C(=O)c2ccc(Nc3ncc(C(F)(F)F)c(N[C@@H]4CCCC[C@@H]4C(N)=O)n3)cc2)CC1. The van der Waals surface area contributed by atoms with E-state index in [9.17, 15) is 22.8 Å². The van der Waals surface area contributed by atoms with Gasteiger partial charge in [0.2, 0.25) is 11.9 Å². The van der Waals surface area contributed by atoms with Crippen LogP contribution in [-0.4, -0.2) is 70.9 Å². The highest BCUT2D eigenvalue weighted by Crippen LogP contribution is 2.36. The molecule has 1 aromatic carbocycles. The molecule has 2 amide bonds. The number of primary amides is 1. The number of nitrogens with zero attached hydrogens (tertiary/aromatic N) is 4. The number of hydrogen-bond acceptors (Lipinski definition) is 7. The molecule has 0 bridgehead atoms.